The first-order valence-electron chi connectivity index (χ1n) is 8.38. The molecule has 0 saturated carbocycles. The largest absolute Gasteiger partial charge is 0.494 e. The standard InChI is InChI=1S/C18H14F5N3O3/c1-2-29-9-5-3-8(4-6-9)26-11(27)7-10(18(26)28)24-25-17-15(22)13(20)12(19)14(21)16(17)23/h3-6,10,24-25H,2,7H2,1H3/t10-/m1/s1. The van der Waals surface area contributed by atoms with Crippen molar-refractivity contribution in [3.8, 4) is 5.75 Å². The van der Waals surface area contributed by atoms with E-state index >= 15 is 0 Å². The summed E-state index contributed by atoms with van der Waals surface area (Å²) in [5.41, 5.74) is 2.84. The molecule has 2 N–H and O–H groups in total. The van der Waals surface area contributed by atoms with Gasteiger partial charge in [0.2, 0.25) is 11.7 Å². The van der Waals surface area contributed by atoms with Crippen LogP contribution in [-0.4, -0.2) is 24.5 Å². The third kappa shape index (κ3) is 3.73. The van der Waals surface area contributed by atoms with Crippen molar-refractivity contribution in [3.05, 3.63) is 53.4 Å². The van der Waals surface area contributed by atoms with Crippen LogP contribution in [0.4, 0.5) is 33.3 Å². The molecule has 1 saturated heterocycles. The maximum atomic E-state index is 13.7. The summed E-state index contributed by atoms with van der Waals surface area (Å²) in [4.78, 5) is 25.5. The summed E-state index contributed by atoms with van der Waals surface area (Å²) in [6.45, 7) is 2.21. The highest BCUT2D eigenvalue weighted by Gasteiger charge is 2.40. The topological polar surface area (TPSA) is 70.7 Å². The predicted octanol–water partition coefficient (Wildman–Crippen LogP) is 3.03. The van der Waals surface area contributed by atoms with E-state index in [0.29, 0.717) is 12.4 Å². The first-order valence-corrected chi connectivity index (χ1v) is 8.38. The summed E-state index contributed by atoms with van der Waals surface area (Å²) in [6.07, 6.45) is -0.394. The molecule has 0 spiro atoms. The number of carbonyl (C=O) groups excluding carboxylic acids is 2. The lowest BCUT2D eigenvalue weighted by Crippen LogP contribution is -2.42. The fourth-order valence-corrected chi connectivity index (χ4v) is 2.75. The number of imide groups is 1. The monoisotopic (exact) mass is 415 g/mol. The minimum absolute atomic E-state index is 0.240. The molecule has 0 aliphatic carbocycles. The fourth-order valence-electron chi connectivity index (χ4n) is 2.75. The lowest BCUT2D eigenvalue weighted by molar-refractivity contribution is -0.121. The van der Waals surface area contributed by atoms with Crippen LogP contribution in [0.1, 0.15) is 13.3 Å². The van der Waals surface area contributed by atoms with Crippen molar-refractivity contribution in [3.63, 3.8) is 0 Å². The molecule has 0 unspecified atom stereocenters. The molecule has 0 bridgehead atoms. The molecule has 1 aliphatic heterocycles. The lowest BCUT2D eigenvalue weighted by atomic mass is 10.2. The van der Waals surface area contributed by atoms with Crippen molar-refractivity contribution in [2.45, 2.75) is 19.4 Å². The summed E-state index contributed by atoms with van der Waals surface area (Å²) in [5, 5.41) is 0. The number of rotatable bonds is 6. The van der Waals surface area contributed by atoms with E-state index in [-0.39, 0.29) is 5.69 Å². The number of ether oxygens (including phenoxy) is 1. The van der Waals surface area contributed by atoms with Gasteiger partial charge in [-0.15, -0.1) is 0 Å². The molecule has 2 amide bonds. The van der Waals surface area contributed by atoms with Crippen molar-refractivity contribution in [2.75, 3.05) is 16.9 Å². The van der Waals surface area contributed by atoms with Gasteiger partial charge in [-0.25, -0.2) is 32.3 Å². The number of anilines is 2. The second-order valence-electron chi connectivity index (χ2n) is 5.97. The molecule has 11 heteroatoms. The second kappa shape index (κ2) is 8.03. The SMILES string of the molecule is CCOc1ccc(N2C(=O)C[C@@H](NNc3c(F)c(F)c(F)c(F)c3F)C2=O)cc1. The molecule has 1 heterocycles. The molecule has 154 valence electrons. The minimum Gasteiger partial charge on any atom is -0.494 e. The van der Waals surface area contributed by atoms with Crippen LogP contribution in [0.25, 0.3) is 0 Å². The van der Waals surface area contributed by atoms with Crippen molar-refractivity contribution in [2.24, 2.45) is 0 Å². The molecule has 0 aromatic heterocycles. The smallest absolute Gasteiger partial charge is 0.253 e. The van der Waals surface area contributed by atoms with E-state index in [4.69, 9.17) is 4.74 Å². The van der Waals surface area contributed by atoms with E-state index in [9.17, 15) is 31.5 Å². The molecule has 1 fully saturated rings. The summed E-state index contributed by atoms with van der Waals surface area (Å²) >= 11 is 0. The molecule has 2 aromatic rings. The number of amides is 2. The quantitative estimate of drug-likeness (QED) is 0.250. The molecule has 1 atom stereocenters. The van der Waals surface area contributed by atoms with Crippen LogP contribution in [0.3, 0.4) is 0 Å². The zero-order chi connectivity index (χ0) is 21.3. The van der Waals surface area contributed by atoms with Gasteiger partial charge in [0.15, 0.2) is 23.3 Å². The Morgan fingerprint density at radius 1 is 0.966 bits per heavy atom. The average molecular weight is 415 g/mol. The Bertz CT molecular complexity index is 939. The van der Waals surface area contributed by atoms with Gasteiger partial charge in [0, 0.05) is 0 Å². The Kier molecular flexibility index (Phi) is 5.69. The van der Waals surface area contributed by atoms with Gasteiger partial charge in [-0.2, -0.15) is 0 Å². The molecule has 1 aliphatic rings. The van der Waals surface area contributed by atoms with Gasteiger partial charge in [-0.1, -0.05) is 0 Å². The summed E-state index contributed by atoms with van der Waals surface area (Å²) in [6, 6.07) is 4.76. The molecule has 3 rings (SSSR count). The third-order valence-corrected chi connectivity index (χ3v) is 4.13. The van der Waals surface area contributed by atoms with E-state index in [1.807, 2.05) is 5.43 Å². The van der Waals surface area contributed by atoms with Crippen molar-refractivity contribution < 1.29 is 36.3 Å². The molecule has 6 nitrogen and oxygen atoms in total. The minimum atomic E-state index is -2.31. The fraction of sp³-hybridized carbons (Fsp3) is 0.222. The summed E-state index contributed by atoms with van der Waals surface area (Å²) in [5.74, 6) is -11.7. The van der Waals surface area contributed by atoms with Gasteiger partial charge in [0.05, 0.1) is 18.7 Å². The normalized spacial score (nSPS) is 16.5. The first kappa shape index (κ1) is 20.5. The van der Waals surface area contributed by atoms with E-state index < -0.39 is 59.1 Å². The van der Waals surface area contributed by atoms with Gasteiger partial charge in [-0.05, 0) is 31.2 Å². The van der Waals surface area contributed by atoms with Crippen molar-refractivity contribution in [1.29, 1.82) is 0 Å². The molecular weight excluding hydrogens is 401 g/mol. The Morgan fingerprint density at radius 3 is 2.07 bits per heavy atom. The van der Waals surface area contributed by atoms with Crippen LogP contribution in [0.5, 0.6) is 5.75 Å². The van der Waals surface area contributed by atoms with Gasteiger partial charge in [0.1, 0.15) is 17.5 Å². The third-order valence-electron chi connectivity index (χ3n) is 4.13. The van der Waals surface area contributed by atoms with E-state index in [0.717, 1.165) is 4.90 Å². The number of nitrogens with zero attached hydrogens (tertiary/aromatic N) is 1. The number of carbonyl (C=O) groups is 2. The molecule has 0 radical (unpaired) electrons. The van der Waals surface area contributed by atoms with Crippen molar-refractivity contribution in [1.82, 2.24) is 5.43 Å². The maximum absolute atomic E-state index is 13.7. The number of halogens is 5. The number of hydrogen-bond acceptors (Lipinski definition) is 5. The second-order valence-corrected chi connectivity index (χ2v) is 5.97. The zero-order valence-corrected chi connectivity index (χ0v) is 14.9. The molecular formula is C18H14F5N3O3. The Labute approximate surface area is 161 Å². The van der Waals surface area contributed by atoms with Crippen LogP contribution >= 0.6 is 0 Å². The zero-order valence-electron chi connectivity index (χ0n) is 14.9. The maximum Gasteiger partial charge on any atom is 0.253 e. The van der Waals surface area contributed by atoms with Crippen molar-refractivity contribution >= 4 is 23.2 Å². The molecule has 2 aromatic carbocycles. The van der Waals surface area contributed by atoms with Crippen LogP contribution in [0.15, 0.2) is 24.3 Å². The Balaban J connectivity index is 1.76. The van der Waals surface area contributed by atoms with E-state index in [1.165, 1.54) is 12.1 Å². The highest BCUT2D eigenvalue weighted by atomic mass is 19.2. The summed E-state index contributed by atoms with van der Waals surface area (Å²) < 4.78 is 72.2. The van der Waals surface area contributed by atoms with Gasteiger partial charge < -0.3 is 10.2 Å². The average Bonchev–Trinajstić information content (AvgIpc) is 2.99. The Hall–Kier alpha value is -3.21. The number of benzene rings is 2. The first-order chi connectivity index (χ1) is 13.8. The lowest BCUT2D eigenvalue weighted by Gasteiger charge is -2.17. The van der Waals surface area contributed by atoms with E-state index in [1.54, 1.807) is 19.1 Å². The number of nitrogens with one attached hydrogen (secondary N) is 2. The van der Waals surface area contributed by atoms with Gasteiger partial charge in [0.25, 0.3) is 5.91 Å². The molecule has 29 heavy (non-hydrogen) atoms. The van der Waals surface area contributed by atoms with E-state index in [2.05, 4.69) is 5.43 Å². The number of hydrogen-bond donors (Lipinski definition) is 2. The predicted molar refractivity (Wildman–Crippen MR) is 91.5 cm³/mol. The Morgan fingerprint density at radius 2 is 1.52 bits per heavy atom. The highest BCUT2D eigenvalue weighted by molar-refractivity contribution is 6.22. The van der Waals surface area contributed by atoms with Crippen LogP contribution in [0, 0.1) is 29.1 Å². The van der Waals surface area contributed by atoms with Crippen LogP contribution in [-0.2, 0) is 9.59 Å². The van der Waals surface area contributed by atoms with Gasteiger partial charge >= 0.3 is 0 Å². The number of hydrazine groups is 1. The highest BCUT2D eigenvalue weighted by Crippen LogP contribution is 2.28. The van der Waals surface area contributed by atoms with Crippen LogP contribution in [0.2, 0.25) is 0 Å². The van der Waals surface area contributed by atoms with Crippen LogP contribution < -0.4 is 20.5 Å². The van der Waals surface area contributed by atoms with Gasteiger partial charge in [-0.3, -0.25) is 9.59 Å². The summed E-state index contributed by atoms with van der Waals surface area (Å²) in [7, 11) is 0.